The molecule has 0 aliphatic rings. The first-order valence-electron chi connectivity index (χ1n) is 16.9. The molecule has 0 saturated carbocycles. The molecule has 0 spiro atoms. The Labute approximate surface area is 293 Å². The Morgan fingerprint density at radius 2 is 0.922 bits per heavy atom. The van der Waals surface area contributed by atoms with E-state index in [1.54, 1.807) is 0 Å². The standard InChI is InChI=1S/C45H28N6/c1-3-11-30(12-4-1)43-48-44(31-13-5-2-6-14-31)50-45(49-43)32-19-17-29(18-20-32)33-21-24-36-38(27-33)37-28-34(39-15-7-9-25-46-39)22-23-35(37)41-42(36)51-26-10-8-16-40(51)47-41/h1-28H. The van der Waals surface area contributed by atoms with Gasteiger partial charge in [-0.25, -0.2) is 19.9 Å². The second-order valence-corrected chi connectivity index (χ2v) is 12.6. The van der Waals surface area contributed by atoms with Crippen LogP contribution in [-0.2, 0) is 0 Å². The minimum Gasteiger partial charge on any atom is -0.299 e. The summed E-state index contributed by atoms with van der Waals surface area (Å²) in [6.45, 7) is 0. The number of aromatic nitrogens is 6. The molecule has 0 N–H and O–H groups in total. The number of fused-ring (bicyclic) bond motifs is 8. The van der Waals surface area contributed by atoms with Crippen LogP contribution in [0.5, 0.6) is 0 Å². The largest absolute Gasteiger partial charge is 0.299 e. The molecule has 6 nitrogen and oxygen atoms in total. The van der Waals surface area contributed by atoms with Gasteiger partial charge in [-0.15, -0.1) is 0 Å². The van der Waals surface area contributed by atoms with E-state index in [9.17, 15) is 0 Å². The summed E-state index contributed by atoms with van der Waals surface area (Å²) in [7, 11) is 0. The number of nitrogens with zero attached hydrogens (tertiary/aromatic N) is 6. The molecule has 6 heteroatoms. The van der Waals surface area contributed by atoms with Crippen LogP contribution in [0.1, 0.15) is 0 Å². The van der Waals surface area contributed by atoms with Crippen LogP contribution in [0.2, 0.25) is 0 Å². The Balaban J connectivity index is 1.12. The second-order valence-electron chi connectivity index (χ2n) is 12.6. The molecule has 4 aromatic heterocycles. The third-order valence-corrected chi connectivity index (χ3v) is 9.51. The van der Waals surface area contributed by atoms with Crippen molar-refractivity contribution in [1.29, 1.82) is 0 Å². The van der Waals surface area contributed by atoms with Gasteiger partial charge in [0.05, 0.1) is 16.7 Å². The Morgan fingerprint density at radius 3 is 1.61 bits per heavy atom. The van der Waals surface area contributed by atoms with E-state index in [1.165, 1.54) is 5.39 Å². The van der Waals surface area contributed by atoms with Gasteiger partial charge in [0.15, 0.2) is 17.5 Å². The zero-order chi connectivity index (χ0) is 33.7. The molecule has 6 aromatic carbocycles. The maximum Gasteiger partial charge on any atom is 0.164 e. The van der Waals surface area contributed by atoms with Gasteiger partial charge in [0, 0.05) is 45.4 Å². The fraction of sp³-hybridized carbons (Fsp3) is 0. The SMILES string of the molecule is c1ccc(-c2nc(-c3ccccc3)nc(-c3ccc(-c4ccc5c(c4)c4cc(-c6ccccn6)ccc4c4nc6ccccn6c54)cc3)n2)cc1. The summed E-state index contributed by atoms with van der Waals surface area (Å²) in [6.07, 6.45) is 3.94. The van der Waals surface area contributed by atoms with Gasteiger partial charge in [0.25, 0.3) is 0 Å². The fourth-order valence-electron chi connectivity index (χ4n) is 7.01. The van der Waals surface area contributed by atoms with Gasteiger partial charge in [-0.2, -0.15) is 0 Å². The quantitative estimate of drug-likeness (QED) is 0.173. The summed E-state index contributed by atoms with van der Waals surface area (Å²) in [4.78, 5) is 24.4. The van der Waals surface area contributed by atoms with E-state index in [-0.39, 0.29) is 0 Å². The second kappa shape index (κ2) is 11.8. The number of hydrogen-bond donors (Lipinski definition) is 0. The van der Waals surface area contributed by atoms with Gasteiger partial charge < -0.3 is 0 Å². The highest BCUT2D eigenvalue weighted by Crippen LogP contribution is 2.39. The van der Waals surface area contributed by atoms with Gasteiger partial charge in [0.1, 0.15) is 5.65 Å². The Kier molecular flexibility index (Phi) is 6.70. The van der Waals surface area contributed by atoms with Gasteiger partial charge in [-0.1, -0.05) is 121 Å². The summed E-state index contributed by atoms with van der Waals surface area (Å²) in [5.41, 5.74) is 10.1. The molecule has 51 heavy (non-hydrogen) atoms. The third kappa shape index (κ3) is 5.01. The van der Waals surface area contributed by atoms with E-state index >= 15 is 0 Å². The lowest BCUT2D eigenvalue weighted by molar-refractivity contribution is 1.07. The van der Waals surface area contributed by atoms with Crippen LogP contribution < -0.4 is 0 Å². The highest BCUT2D eigenvalue weighted by Gasteiger charge is 2.17. The smallest absolute Gasteiger partial charge is 0.164 e. The van der Waals surface area contributed by atoms with E-state index in [0.29, 0.717) is 17.5 Å². The van der Waals surface area contributed by atoms with Crippen LogP contribution in [0.15, 0.2) is 170 Å². The van der Waals surface area contributed by atoms with Gasteiger partial charge in [0.2, 0.25) is 0 Å². The van der Waals surface area contributed by atoms with Crippen molar-refractivity contribution in [2.75, 3.05) is 0 Å². The van der Waals surface area contributed by atoms with Crippen molar-refractivity contribution >= 4 is 38.2 Å². The lowest BCUT2D eigenvalue weighted by Crippen LogP contribution is -2.00. The lowest BCUT2D eigenvalue weighted by Gasteiger charge is -2.12. The average Bonchev–Trinajstić information content (AvgIpc) is 3.61. The number of imidazole rings is 1. The maximum absolute atomic E-state index is 5.10. The Bertz CT molecular complexity index is 2830. The topological polar surface area (TPSA) is 68.9 Å². The summed E-state index contributed by atoms with van der Waals surface area (Å²) < 4.78 is 2.19. The first kappa shape index (κ1) is 28.9. The van der Waals surface area contributed by atoms with E-state index in [2.05, 4.69) is 94.4 Å². The van der Waals surface area contributed by atoms with Gasteiger partial charge in [-0.05, 0) is 58.3 Å². The fourth-order valence-corrected chi connectivity index (χ4v) is 7.01. The van der Waals surface area contributed by atoms with Crippen molar-refractivity contribution in [3.63, 3.8) is 0 Å². The molecule has 0 fully saturated rings. The predicted octanol–water partition coefficient (Wildman–Crippen LogP) is 10.7. The van der Waals surface area contributed by atoms with E-state index in [0.717, 1.165) is 71.9 Å². The minimum atomic E-state index is 0.635. The van der Waals surface area contributed by atoms with Crippen molar-refractivity contribution < 1.29 is 0 Å². The number of rotatable bonds is 5. The maximum atomic E-state index is 5.10. The molecule has 0 aliphatic heterocycles. The van der Waals surface area contributed by atoms with Crippen LogP contribution >= 0.6 is 0 Å². The predicted molar refractivity (Wildman–Crippen MR) is 206 cm³/mol. The zero-order valence-corrected chi connectivity index (χ0v) is 27.3. The minimum absolute atomic E-state index is 0.635. The molecule has 0 radical (unpaired) electrons. The molecule has 0 atom stereocenters. The molecular weight excluding hydrogens is 625 g/mol. The first-order valence-corrected chi connectivity index (χ1v) is 16.9. The number of hydrogen-bond acceptors (Lipinski definition) is 5. The molecule has 0 unspecified atom stereocenters. The normalized spacial score (nSPS) is 11.5. The monoisotopic (exact) mass is 652 g/mol. The van der Waals surface area contributed by atoms with Crippen molar-refractivity contribution in [3.8, 4) is 56.5 Å². The number of benzene rings is 6. The van der Waals surface area contributed by atoms with Gasteiger partial charge >= 0.3 is 0 Å². The number of pyridine rings is 2. The van der Waals surface area contributed by atoms with E-state index in [1.807, 2.05) is 85.1 Å². The molecule has 10 rings (SSSR count). The summed E-state index contributed by atoms with van der Waals surface area (Å²) in [5.74, 6) is 1.93. The average molecular weight is 653 g/mol. The summed E-state index contributed by atoms with van der Waals surface area (Å²) in [6, 6.07) is 54.2. The van der Waals surface area contributed by atoms with E-state index in [4.69, 9.17) is 19.9 Å². The molecule has 0 saturated heterocycles. The summed E-state index contributed by atoms with van der Waals surface area (Å²) in [5, 5.41) is 4.59. The van der Waals surface area contributed by atoms with Crippen LogP contribution in [0.25, 0.3) is 94.8 Å². The van der Waals surface area contributed by atoms with Crippen molar-refractivity contribution in [1.82, 2.24) is 29.3 Å². The highest BCUT2D eigenvalue weighted by atomic mass is 15.0. The van der Waals surface area contributed by atoms with Gasteiger partial charge in [-0.3, -0.25) is 9.38 Å². The first-order chi connectivity index (χ1) is 25.3. The van der Waals surface area contributed by atoms with Crippen LogP contribution in [0.4, 0.5) is 0 Å². The van der Waals surface area contributed by atoms with E-state index < -0.39 is 0 Å². The van der Waals surface area contributed by atoms with Crippen LogP contribution in [0, 0.1) is 0 Å². The molecular formula is C45H28N6. The van der Waals surface area contributed by atoms with Crippen LogP contribution in [0.3, 0.4) is 0 Å². The molecule has 0 bridgehead atoms. The Hall–Kier alpha value is -7.05. The molecule has 4 heterocycles. The zero-order valence-electron chi connectivity index (χ0n) is 27.3. The lowest BCUT2D eigenvalue weighted by atomic mass is 9.94. The molecule has 0 aliphatic carbocycles. The van der Waals surface area contributed by atoms with Crippen molar-refractivity contribution in [2.45, 2.75) is 0 Å². The van der Waals surface area contributed by atoms with Crippen molar-refractivity contribution in [2.24, 2.45) is 0 Å². The Morgan fingerprint density at radius 1 is 0.373 bits per heavy atom. The van der Waals surface area contributed by atoms with Crippen molar-refractivity contribution in [3.05, 3.63) is 170 Å². The molecule has 10 aromatic rings. The molecule has 0 amide bonds. The highest BCUT2D eigenvalue weighted by molar-refractivity contribution is 6.25. The molecule has 238 valence electrons. The summed E-state index contributed by atoms with van der Waals surface area (Å²) >= 11 is 0. The van der Waals surface area contributed by atoms with Crippen LogP contribution in [-0.4, -0.2) is 29.3 Å². The third-order valence-electron chi connectivity index (χ3n) is 9.51.